The molecule has 226 valence electrons. The van der Waals surface area contributed by atoms with Crippen LogP contribution in [0.25, 0.3) is 32.0 Å². The first-order chi connectivity index (χ1) is 19.0. The van der Waals surface area contributed by atoms with Gasteiger partial charge in [0.1, 0.15) is 11.5 Å². The van der Waals surface area contributed by atoms with Crippen molar-refractivity contribution in [3.63, 3.8) is 0 Å². The fraction of sp³-hybridized carbons (Fsp3) is 0.474. The van der Waals surface area contributed by atoms with E-state index in [4.69, 9.17) is 0 Å². The Morgan fingerprint density at radius 1 is 0.476 bits per heavy atom. The van der Waals surface area contributed by atoms with E-state index in [2.05, 4.69) is 133 Å². The van der Waals surface area contributed by atoms with E-state index >= 15 is 0 Å². The lowest BCUT2D eigenvalue weighted by atomic mass is 9.77. The lowest BCUT2D eigenvalue weighted by molar-refractivity contribution is 0.422. The molecule has 0 unspecified atom stereocenters. The van der Waals surface area contributed by atoms with Crippen molar-refractivity contribution < 1.29 is 10.2 Å². The lowest BCUT2D eigenvalue weighted by Crippen LogP contribution is -2.17. The highest BCUT2D eigenvalue weighted by Gasteiger charge is 2.30. The quantitative estimate of drug-likeness (QED) is 0.245. The van der Waals surface area contributed by atoms with Gasteiger partial charge in [-0.3, -0.25) is 0 Å². The molecule has 2 N–H and O–H groups in total. The molecule has 0 spiro atoms. The van der Waals surface area contributed by atoms with Gasteiger partial charge < -0.3 is 10.2 Å². The van der Waals surface area contributed by atoms with Gasteiger partial charge in [0.25, 0.3) is 0 Å². The first-order valence-electron chi connectivity index (χ1n) is 15.0. The number of phenols is 2. The van der Waals surface area contributed by atoms with Crippen LogP contribution in [-0.4, -0.2) is 10.2 Å². The maximum absolute atomic E-state index is 11.4. The third kappa shape index (κ3) is 6.21. The highest BCUT2D eigenvalue weighted by Crippen LogP contribution is 2.49. The van der Waals surface area contributed by atoms with E-state index in [9.17, 15) is 10.2 Å². The second-order valence-corrected chi connectivity index (χ2v) is 18.5. The minimum Gasteiger partial charge on any atom is -0.507 e. The number of phenolic OH excluding ortho intramolecular Hbond substituents is 2. The standard InChI is InChI=1S/C38H50O2S2/c1-21-15-26(24-18-29(37(9,10)11)33(40)30(19-24)38(12,13)14)34(41-21)31-20-25(22(2)42-31)23-16-27(35(3,4)5)32(39)28(17-23)36(6,7)8/h15-20,39-40H,1-14H3. The molecule has 0 saturated heterocycles. The van der Waals surface area contributed by atoms with E-state index in [1.807, 2.05) is 22.7 Å². The van der Waals surface area contributed by atoms with Gasteiger partial charge in [-0.25, -0.2) is 0 Å². The van der Waals surface area contributed by atoms with Gasteiger partial charge in [0.05, 0.1) is 4.88 Å². The summed E-state index contributed by atoms with van der Waals surface area (Å²) in [6.45, 7) is 30.4. The molecule has 2 aromatic heterocycles. The van der Waals surface area contributed by atoms with Crippen LogP contribution in [0, 0.1) is 13.8 Å². The van der Waals surface area contributed by atoms with Crippen molar-refractivity contribution in [2.45, 2.75) is 119 Å². The monoisotopic (exact) mass is 602 g/mol. The Bertz CT molecular complexity index is 1560. The number of aromatic hydroxyl groups is 2. The number of thiophene rings is 2. The van der Waals surface area contributed by atoms with Gasteiger partial charge in [0.15, 0.2) is 0 Å². The Hall–Kier alpha value is -2.56. The molecule has 2 heterocycles. The van der Waals surface area contributed by atoms with Crippen molar-refractivity contribution in [3.8, 4) is 43.5 Å². The highest BCUT2D eigenvalue weighted by molar-refractivity contribution is 7.22. The molecule has 0 radical (unpaired) electrons. The third-order valence-corrected chi connectivity index (χ3v) is 10.4. The Morgan fingerprint density at radius 2 is 0.833 bits per heavy atom. The molecule has 0 aliphatic rings. The van der Waals surface area contributed by atoms with Crippen LogP contribution in [0.2, 0.25) is 0 Å². The molecule has 4 rings (SSSR count). The van der Waals surface area contributed by atoms with Crippen LogP contribution < -0.4 is 0 Å². The van der Waals surface area contributed by atoms with E-state index in [-0.39, 0.29) is 21.7 Å². The molecular weight excluding hydrogens is 553 g/mol. The molecule has 0 amide bonds. The van der Waals surface area contributed by atoms with Gasteiger partial charge in [0, 0.05) is 42.4 Å². The molecule has 0 aliphatic carbocycles. The molecular formula is C38H50O2S2. The van der Waals surface area contributed by atoms with Crippen molar-refractivity contribution in [3.05, 3.63) is 68.4 Å². The summed E-state index contributed by atoms with van der Waals surface area (Å²) in [5.74, 6) is 0.831. The largest absolute Gasteiger partial charge is 0.507 e. The van der Waals surface area contributed by atoms with Gasteiger partial charge in [-0.05, 0) is 88.6 Å². The summed E-state index contributed by atoms with van der Waals surface area (Å²) in [5.41, 5.74) is 7.95. The molecule has 4 heteroatoms. The van der Waals surface area contributed by atoms with Gasteiger partial charge in [-0.15, -0.1) is 22.7 Å². The number of hydrogen-bond donors (Lipinski definition) is 2. The molecule has 0 saturated carbocycles. The topological polar surface area (TPSA) is 40.5 Å². The van der Waals surface area contributed by atoms with E-state index in [1.165, 1.54) is 30.6 Å². The van der Waals surface area contributed by atoms with E-state index in [1.54, 1.807) is 0 Å². The Morgan fingerprint density at radius 3 is 1.19 bits per heavy atom. The lowest BCUT2D eigenvalue weighted by Gasteiger charge is -2.28. The summed E-state index contributed by atoms with van der Waals surface area (Å²) < 4.78 is 0. The molecule has 2 aromatic carbocycles. The zero-order chi connectivity index (χ0) is 31.7. The average molecular weight is 603 g/mol. The predicted octanol–water partition coefficient (Wildman–Crippen LogP) is 12.0. The summed E-state index contributed by atoms with van der Waals surface area (Å²) in [7, 11) is 0. The van der Waals surface area contributed by atoms with Crippen LogP contribution in [0.3, 0.4) is 0 Å². The van der Waals surface area contributed by atoms with Crippen LogP contribution in [0.1, 0.15) is 115 Å². The normalized spacial score (nSPS) is 13.2. The van der Waals surface area contributed by atoms with Crippen molar-refractivity contribution >= 4 is 22.7 Å². The van der Waals surface area contributed by atoms with E-state index in [0.717, 1.165) is 33.4 Å². The molecule has 0 aliphatic heterocycles. The zero-order valence-electron chi connectivity index (χ0n) is 28.2. The van der Waals surface area contributed by atoms with Crippen molar-refractivity contribution in [1.29, 1.82) is 0 Å². The van der Waals surface area contributed by atoms with Crippen LogP contribution in [0.5, 0.6) is 11.5 Å². The molecule has 4 aromatic rings. The van der Waals surface area contributed by atoms with Crippen molar-refractivity contribution in [1.82, 2.24) is 0 Å². The minimum absolute atomic E-state index is 0.181. The summed E-state index contributed by atoms with van der Waals surface area (Å²) in [6, 6.07) is 13.4. The second kappa shape index (κ2) is 10.6. The Kier molecular flexibility index (Phi) is 8.13. The highest BCUT2D eigenvalue weighted by atomic mass is 32.1. The average Bonchev–Trinajstić information content (AvgIpc) is 3.38. The summed E-state index contributed by atoms with van der Waals surface area (Å²) in [5, 5.41) is 22.7. The van der Waals surface area contributed by atoms with Gasteiger partial charge in [-0.2, -0.15) is 0 Å². The maximum Gasteiger partial charge on any atom is 0.123 e. The van der Waals surface area contributed by atoms with Crippen LogP contribution in [0.4, 0.5) is 0 Å². The van der Waals surface area contributed by atoms with Crippen LogP contribution in [-0.2, 0) is 21.7 Å². The number of aryl methyl sites for hydroxylation is 2. The smallest absolute Gasteiger partial charge is 0.123 e. The van der Waals surface area contributed by atoms with Gasteiger partial charge in [0.2, 0.25) is 0 Å². The number of hydrogen-bond acceptors (Lipinski definition) is 4. The number of rotatable bonds is 3. The SMILES string of the molecule is Cc1cc(-c2cc(C(C)(C)C)c(O)c(C(C)(C)C)c2)c(-c2cc(-c3cc(C(C)(C)C)c(O)c(C(C)(C)C)c3)c(C)s2)s1. The van der Waals surface area contributed by atoms with Gasteiger partial charge >= 0.3 is 0 Å². The molecule has 42 heavy (non-hydrogen) atoms. The second-order valence-electron chi connectivity index (χ2n) is 16.0. The summed E-state index contributed by atoms with van der Waals surface area (Å²) in [6.07, 6.45) is 0. The molecule has 2 nitrogen and oxygen atoms in total. The number of benzene rings is 2. The summed E-state index contributed by atoms with van der Waals surface area (Å²) in [4.78, 5) is 5.05. The van der Waals surface area contributed by atoms with Crippen molar-refractivity contribution in [2.24, 2.45) is 0 Å². The zero-order valence-corrected chi connectivity index (χ0v) is 29.8. The molecule has 0 atom stereocenters. The van der Waals surface area contributed by atoms with E-state index in [0.29, 0.717) is 11.5 Å². The first kappa shape index (κ1) is 32.4. The Balaban J connectivity index is 1.95. The van der Waals surface area contributed by atoms with Crippen molar-refractivity contribution in [2.75, 3.05) is 0 Å². The third-order valence-electron chi connectivity index (χ3n) is 8.07. The Labute approximate surface area is 262 Å². The fourth-order valence-electron chi connectivity index (χ4n) is 5.66. The first-order valence-corrected chi connectivity index (χ1v) is 16.6. The molecule has 0 bridgehead atoms. The van der Waals surface area contributed by atoms with Crippen LogP contribution >= 0.6 is 22.7 Å². The van der Waals surface area contributed by atoms with Gasteiger partial charge in [-0.1, -0.05) is 83.1 Å². The fourth-order valence-corrected chi connectivity index (χ4v) is 7.85. The molecule has 0 fully saturated rings. The van der Waals surface area contributed by atoms with Crippen LogP contribution in [0.15, 0.2) is 36.4 Å². The van der Waals surface area contributed by atoms with E-state index < -0.39 is 0 Å². The minimum atomic E-state index is -0.188. The maximum atomic E-state index is 11.4. The summed E-state index contributed by atoms with van der Waals surface area (Å²) >= 11 is 3.67. The predicted molar refractivity (Wildman–Crippen MR) is 186 cm³/mol.